The highest BCUT2D eigenvalue weighted by Gasteiger charge is 2.30. The van der Waals surface area contributed by atoms with Gasteiger partial charge in [-0.1, -0.05) is 42.3 Å². The van der Waals surface area contributed by atoms with Crippen LogP contribution in [0.3, 0.4) is 0 Å². The molecule has 0 saturated carbocycles. The first-order valence-corrected chi connectivity index (χ1v) is 18.7. The van der Waals surface area contributed by atoms with Gasteiger partial charge in [-0.05, 0) is 54.4 Å². The van der Waals surface area contributed by atoms with E-state index < -0.39 is 34.0 Å². The maximum absolute atomic E-state index is 13.0. The molecule has 280 valence electrons. The van der Waals surface area contributed by atoms with Crippen LogP contribution in [-0.4, -0.2) is 134 Å². The quantitative estimate of drug-likeness (QED) is 0.103. The van der Waals surface area contributed by atoms with Gasteiger partial charge in [0.2, 0.25) is 10.0 Å². The molecule has 0 aliphatic carbocycles. The van der Waals surface area contributed by atoms with Gasteiger partial charge < -0.3 is 44.7 Å². The number of aliphatic hydroxyl groups is 2. The lowest BCUT2D eigenvalue weighted by atomic mass is 9.85. The fourth-order valence-corrected chi connectivity index (χ4v) is 6.77. The van der Waals surface area contributed by atoms with Crippen molar-refractivity contribution in [3.05, 3.63) is 63.1 Å². The summed E-state index contributed by atoms with van der Waals surface area (Å²) in [5.41, 5.74) is 2.83. The van der Waals surface area contributed by atoms with E-state index in [4.69, 9.17) is 42.1 Å². The summed E-state index contributed by atoms with van der Waals surface area (Å²) in [5.74, 6) is -1.87. The van der Waals surface area contributed by atoms with Gasteiger partial charge in [-0.15, -0.1) is 0 Å². The van der Waals surface area contributed by atoms with E-state index in [-0.39, 0.29) is 76.7 Å². The summed E-state index contributed by atoms with van der Waals surface area (Å²) in [4.78, 5) is 26.1. The third kappa shape index (κ3) is 13.6. The molecule has 17 heteroatoms. The number of rotatable bonds is 23. The molecule has 0 aromatic heterocycles. The molecule has 0 bridgehead atoms. The molecule has 0 saturated heterocycles. The van der Waals surface area contributed by atoms with Gasteiger partial charge in [-0.3, -0.25) is 9.59 Å². The number of nitrogens with zero attached hydrogens (tertiary/aromatic N) is 1. The van der Waals surface area contributed by atoms with E-state index in [1.54, 1.807) is 24.3 Å². The zero-order valence-corrected chi connectivity index (χ0v) is 30.7. The van der Waals surface area contributed by atoms with Crippen molar-refractivity contribution in [1.29, 1.82) is 0 Å². The van der Waals surface area contributed by atoms with Crippen LogP contribution >= 0.6 is 23.2 Å². The van der Waals surface area contributed by atoms with E-state index in [0.29, 0.717) is 29.7 Å². The van der Waals surface area contributed by atoms with Gasteiger partial charge in [0.05, 0.1) is 51.1 Å². The number of hydrogen-bond acceptors (Lipinski definition) is 11. The maximum Gasteiger partial charge on any atom is 0.252 e. The third-order valence-corrected chi connectivity index (χ3v) is 9.64. The lowest BCUT2D eigenvalue weighted by molar-refractivity contribution is -0.146. The number of halogens is 2. The molecule has 50 heavy (non-hydrogen) atoms. The van der Waals surface area contributed by atoms with Crippen LogP contribution in [0.15, 0.2) is 41.3 Å². The van der Waals surface area contributed by atoms with Gasteiger partial charge in [0.15, 0.2) is 12.2 Å². The Kier molecular flexibility index (Phi) is 18.3. The molecule has 0 radical (unpaired) electrons. The Morgan fingerprint density at radius 1 is 0.860 bits per heavy atom. The molecular formula is C33H48Cl2N4O10S. The van der Waals surface area contributed by atoms with Gasteiger partial charge in [0.25, 0.3) is 11.8 Å². The molecule has 3 rings (SSSR count). The monoisotopic (exact) mass is 762 g/mol. The molecule has 1 heterocycles. The van der Waals surface area contributed by atoms with E-state index in [2.05, 4.69) is 20.3 Å². The van der Waals surface area contributed by atoms with Crippen molar-refractivity contribution in [2.24, 2.45) is 0 Å². The van der Waals surface area contributed by atoms with Crippen molar-refractivity contribution >= 4 is 45.0 Å². The van der Waals surface area contributed by atoms with Crippen molar-refractivity contribution in [3.63, 3.8) is 0 Å². The van der Waals surface area contributed by atoms with E-state index in [0.717, 1.165) is 23.1 Å². The molecule has 2 aromatic rings. The molecule has 3 atom stereocenters. The SMILES string of the molecule is CCCOCCNC(=O)C(O)C(O)C(=O)NCCOCCOCCOCCNS(=O)(=O)c1cccc(C2CN(C)Cc3c(Cl)cc(Cl)cc32)c1. The number of hydrogen-bond donors (Lipinski definition) is 5. The largest absolute Gasteiger partial charge is 0.380 e. The van der Waals surface area contributed by atoms with Crippen LogP contribution in [0.5, 0.6) is 0 Å². The first kappa shape index (κ1) is 42.0. The zero-order valence-electron chi connectivity index (χ0n) is 28.4. The second kappa shape index (κ2) is 21.8. The molecule has 2 amide bonds. The Labute approximate surface area is 303 Å². The Hall–Kier alpha value is -2.41. The predicted octanol–water partition coefficient (Wildman–Crippen LogP) is 1.28. The smallest absolute Gasteiger partial charge is 0.252 e. The molecule has 2 aromatic carbocycles. The highest BCUT2D eigenvalue weighted by atomic mass is 35.5. The number of ether oxygens (including phenoxy) is 4. The van der Waals surface area contributed by atoms with Gasteiger partial charge in [-0.2, -0.15) is 0 Å². The summed E-state index contributed by atoms with van der Waals surface area (Å²) in [7, 11) is -1.79. The van der Waals surface area contributed by atoms with Crippen LogP contribution in [0.25, 0.3) is 0 Å². The van der Waals surface area contributed by atoms with Crippen molar-refractivity contribution < 1.29 is 47.2 Å². The predicted molar refractivity (Wildman–Crippen MR) is 188 cm³/mol. The second-order valence-electron chi connectivity index (χ2n) is 11.6. The highest BCUT2D eigenvalue weighted by molar-refractivity contribution is 7.89. The Morgan fingerprint density at radius 2 is 1.42 bits per heavy atom. The zero-order chi connectivity index (χ0) is 36.5. The van der Waals surface area contributed by atoms with Crippen LogP contribution < -0.4 is 15.4 Å². The maximum atomic E-state index is 13.0. The van der Waals surface area contributed by atoms with Crippen LogP contribution in [0, 0.1) is 0 Å². The minimum Gasteiger partial charge on any atom is -0.380 e. The molecule has 1 aliphatic rings. The Balaban J connectivity index is 1.25. The van der Waals surface area contributed by atoms with Gasteiger partial charge >= 0.3 is 0 Å². The number of carbonyl (C=O) groups is 2. The summed E-state index contributed by atoms with van der Waals surface area (Å²) in [6.45, 7) is 5.64. The number of fused-ring (bicyclic) bond motifs is 1. The summed E-state index contributed by atoms with van der Waals surface area (Å²) in [6.07, 6.45) is -3.01. The molecule has 5 N–H and O–H groups in total. The third-order valence-electron chi connectivity index (χ3n) is 7.62. The number of amides is 2. The number of carbonyl (C=O) groups excluding carboxylic acids is 2. The van der Waals surface area contributed by atoms with Crippen LogP contribution in [0.2, 0.25) is 10.0 Å². The van der Waals surface area contributed by atoms with Gasteiger partial charge in [0.1, 0.15) is 0 Å². The van der Waals surface area contributed by atoms with E-state index in [9.17, 15) is 28.2 Å². The molecular weight excluding hydrogens is 715 g/mol. The number of aliphatic hydroxyl groups excluding tert-OH is 2. The minimum atomic E-state index is -3.78. The number of sulfonamides is 1. The summed E-state index contributed by atoms with van der Waals surface area (Å²) in [6, 6.07) is 10.5. The highest BCUT2D eigenvalue weighted by Crippen LogP contribution is 2.38. The van der Waals surface area contributed by atoms with Crippen molar-refractivity contribution in [3.8, 4) is 0 Å². The van der Waals surface area contributed by atoms with E-state index in [1.165, 1.54) is 0 Å². The Bertz CT molecular complexity index is 1490. The summed E-state index contributed by atoms with van der Waals surface area (Å²) in [5, 5.41) is 25.7. The first-order chi connectivity index (χ1) is 23.9. The lowest BCUT2D eigenvalue weighted by Crippen LogP contribution is -2.50. The number of likely N-dealkylation sites (N-methyl/N-ethyl adjacent to an activating group) is 1. The lowest BCUT2D eigenvalue weighted by Gasteiger charge is -2.33. The fraction of sp³-hybridized carbons (Fsp3) is 0.576. The average Bonchev–Trinajstić information content (AvgIpc) is 3.09. The molecule has 0 fully saturated rings. The Morgan fingerprint density at radius 3 is 2.02 bits per heavy atom. The second-order valence-corrected chi connectivity index (χ2v) is 14.2. The summed E-state index contributed by atoms with van der Waals surface area (Å²) < 4.78 is 50.1. The number of nitrogens with one attached hydrogen (secondary N) is 3. The average molecular weight is 764 g/mol. The molecule has 3 unspecified atom stereocenters. The standard InChI is InChI=1S/C33H48Cl2N4O10S/c1-3-10-46-11-7-36-32(42)30(40)31(41)33(43)37-8-12-47-14-16-49-17-15-48-13-9-38-50(44,45)25-6-4-5-23(18-25)27-21-39(2)22-28-26(27)19-24(34)20-29(28)35/h4-6,18-20,27,30-31,38,40-41H,3,7-17,21-22H2,1-2H3,(H,36,42)(H,37,43). The van der Waals surface area contributed by atoms with E-state index >= 15 is 0 Å². The first-order valence-electron chi connectivity index (χ1n) is 16.4. The van der Waals surface area contributed by atoms with E-state index in [1.807, 2.05) is 26.1 Å². The van der Waals surface area contributed by atoms with Crippen molar-refractivity contribution in [1.82, 2.24) is 20.3 Å². The molecule has 14 nitrogen and oxygen atoms in total. The van der Waals surface area contributed by atoms with Crippen LogP contribution in [0.4, 0.5) is 0 Å². The van der Waals surface area contributed by atoms with Gasteiger partial charge in [0, 0.05) is 55.3 Å². The van der Waals surface area contributed by atoms with Crippen molar-refractivity contribution in [2.75, 3.05) is 86.1 Å². The topological polar surface area (TPSA) is 185 Å². The summed E-state index contributed by atoms with van der Waals surface area (Å²) >= 11 is 12.8. The fourth-order valence-electron chi connectivity index (χ4n) is 5.14. The van der Waals surface area contributed by atoms with Crippen molar-refractivity contribution in [2.45, 2.75) is 42.9 Å². The molecule has 1 aliphatic heterocycles. The van der Waals surface area contributed by atoms with Crippen LogP contribution in [-0.2, 0) is 45.1 Å². The number of benzene rings is 2. The van der Waals surface area contributed by atoms with Crippen LogP contribution in [0.1, 0.15) is 36.0 Å². The normalized spacial score (nSPS) is 16.1. The van der Waals surface area contributed by atoms with Gasteiger partial charge in [-0.25, -0.2) is 13.1 Å². The minimum absolute atomic E-state index is 0.0496. The molecule has 0 spiro atoms.